The van der Waals surface area contributed by atoms with Gasteiger partial charge in [-0.15, -0.1) is 0 Å². The molecular weight excluding hydrogens is 290 g/mol. The number of esters is 1. The fourth-order valence-corrected chi connectivity index (χ4v) is 2.21. The number of fused-ring (bicyclic) bond motifs is 1. The molecule has 0 bridgehead atoms. The highest BCUT2D eigenvalue weighted by atomic mass is 35.5. The molecule has 0 saturated heterocycles. The third-order valence-corrected chi connectivity index (χ3v) is 3.50. The first-order valence-electron chi connectivity index (χ1n) is 6.40. The molecule has 0 N–H and O–H groups in total. The van der Waals surface area contributed by atoms with Crippen molar-refractivity contribution in [1.29, 1.82) is 0 Å². The van der Waals surface area contributed by atoms with Gasteiger partial charge in [0.2, 0.25) is 5.76 Å². The van der Waals surface area contributed by atoms with Crippen LogP contribution in [-0.4, -0.2) is 11.0 Å². The van der Waals surface area contributed by atoms with Crippen molar-refractivity contribution >= 4 is 28.5 Å². The van der Waals surface area contributed by atoms with Gasteiger partial charge in [0.05, 0.1) is 5.02 Å². The number of hydrogen-bond donors (Lipinski definition) is 0. The first-order valence-corrected chi connectivity index (χ1v) is 6.77. The van der Waals surface area contributed by atoms with Crippen molar-refractivity contribution in [2.45, 2.75) is 13.5 Å². The van der Waals surface area contributed by atoms with E-state index >= 15 is 0 Å². The van der Waals surface area contributed by atoms with Gasteiger partial charge in [-0.05, 0) is 30.7 Å². The van der Waals surface area contributed by atoms with Crippen LogP contribution in [0.5, 0.6) is 0 Å². The molecule has 0 unspecified atom stereocenters. The number of furan rings is 1. The molecule has 0 aliphatic carbocycles. The number of hydrogen-bond acceptors (Lipinski definition) is 4. The summed E-state index contributed by atoms with van der Waals surface area (Å²) in [6.07, 6.45) is 3.38. The molecule has 21 heavy (non-hydrogen) atoms. The molecule has 0 aliphatic rings. The Morgan fingerprint density at radius 1 is 1.38 bits per heavy atom. The van der Waals surface area contributed by atoms with Crippen LogP contribution in [0.3, 0.4) is 0 Å². The standard InChI is InChI=1S/C16H12ClNO3/c1-10-5-6-18-8-12(10)9-20-16(19)14-7-11-3-2-4-13(17)15(11)21-14/h2-8H,9H2,1H3. The predicted octanol–water partition coefficient (Wildman–Crippen LogP) is 4.15. The van der Waals surface area contributed by atoms with E-state index in [9.17, 15) is 4.79 Å². The Balaban J connectivity index is 1.78. The second-order valence-corrected chi connectivity index (χ2v) is 5.05. The second kappa shape index (κ2) is 5.58. The molecule has 0 aliphatic heterocycles. The number of halogens is 1. The van der Waals surface area contributed by atoms with Crippen molar-refractivity contribution in [2.24, 2.45) is 0 Å². The minimum Gasteiger partial charge on any atom is -0.455 e. The highest BCUT2D eigenvalue weighted by molar-refractivity contribution is 6.34. The number of ether oxygens (including phenoxy) is 1. The van der Waals surface area contributed by atoms with Crippen molar-refractivity contribution < 1.29 is 13.9 Å². The number of aromatic nitrogens is 1. The summed E-state index contributed by atoms with van der Waals surface area (Å²) in [5.41, 5.74) is 2.37. The molecular formula is C16H12ClNO3. The lowest BCUT2D eigenvalue weighted by atomic mass is 10.2. The average molecular weight is 302 g/mol. The largest absolute Gasteiger partial charge is 0.455 e. The van der Waals surface area contributed by atoms with Gasteiger partial charge in [-0.3, -0.25) is 4.98 Å². The monoisotopic (exact) mass is 301 g/mol. The lowest BCUT2D eigenvalue weighted by Crippen LogP contribution is -2.05. The van der Waals surface area contributed by atoms with Crippen LogP contribution in [-0.2, 0) is 11.3 Å². The molecule has 0 fully saturated rings. The Morgan fingerprint density at radius 2 is 2.24 bits per heavy atom. The number of nitrogens with zero attached hydrogens (tertiary/aromatic N) is 1. The van der Waals surface area contributed by atoms with E-state index in [-0.39, 0.29) is 12.4 Å². The molecule has 0 atom stereocenters. The van der Waals surface area contributed by atoms with Gasteiger partial charge in [0.1, 0.15) is 6.61 Å². The minimum atomic E-state index is -0.523. The molecule has 106 valence electrons. The van der Waals surface area contributed by atoms with Gasteiger partial charge in [-0.2, -0.15) is 0 Å². The van der Waals surface area contributed by atoms with E-state index in [4.69, 9.17) is 20.8 Å². The van der Waals surface area contributed by atoms with E-state index in [1.807, 2.05) is 19.1 Å². The van der Waals surface area contributed by atoms with Crippen LogP contribution in [0.4, 0.5) is 0 Å². The minimum absolute atomic E-state index is 0.139. The SMILES string of the molecule is Cc1ccncc1COC(=O)c1cc2cccc(Cl)c2o1. The fraction of sp³-hybridized carbons (Fsp3) is 0.125. The molecule has 0 spiro atoms. The number of aryl methyl sites for hydroxylation is 1. The van der Waals surface area contributed by atoms with Gasteiger partial charge in [0.15, 0.2) is 5.58 Å². The second-order valence-electron chi connectivity index (χ2n) is 4.65. The highest BCUT2D eigenvalue weighted by Gasteiger charge is 2.15. The first kappa shape index (κ1) is 13.6. The maximum Gasteiger partial charge on any atom is 0.374 e. The number of pyridine rings is 1. The molecule has 3 rings (SSSR count). The zero-order valence-electron chi connectivity index (χ0n) is 11.3. The van der Waals surface area contributed by atoms with Crippen molar-refractivity contribution in [1.82, 2.24) is 4.98 Å². The van der Waals surface area contributed by atoms with Gasteiger partial charge in [0.25, 0.3) is 0 Å². The highest BCUT2D eigenvalue weighted by Crippen LogP contribution is 2.27. The number of carbonyl (C=O) groups excluding carboxylic acids is 1. The predicted molar refractivity (Wildman–Crippen MR) is 79.3 cm³/mol. The number of rotatable bonds is 3. The molecule has 3 aromatic rings. The Hall–Kier alpha value is -2.33. The molecule has 1 aromatic carbocycles. The lowest BCUT2D eigenvalue weighted by Gasteiger charge is -2.05. The van der Waals surface area contributed by atoms with E-state index < -0.39 is 5.97 Å². The van der Waals surface area contributed by atoms with Crippen molar-refractivity contribution in [3.63, 3.8) is 0 Å². The Morgan fingerprint density at radius 3 is 3.00 bits per heavy atom. The van der Waals surface area contributed by atoms with Crippen LogP contribution in [0.1, 0.15) is 21.7 Å². The summed E-state index contributed by atoms with van der Waals surface area (Å²) in [6, 6.07) is 8.83. The molecule has 5 heteroatoms. The fourth-order valence-electron chi connectivity index (χ4n) is 1.99. The van der Waals surface area contributed by atoms with E-state index in [0.29, 0.717) is 10.6 Å². The van der Waals surface area contributed by atoms with E-state index in [1.54, 1.807) is 30.6 Å². The van der Waals surface area contributed by atoms with Crippen LogP contribution in [0.2, 0.25) is 5.02 Å². The van der Waals surface area contributed by atoms with E-state index in [1.165, 1.54) is 0 Å². The van der Waals surface area contributed by atoms with Gasteiger partial charge in [0, 0.05) is 23.3 Å². The molecule has 2 heterocycles. The zero-order chi connectivity index (χ0) is 14.8. The number of carbonyl (C=O) groups is 1. The van der Waals surface area contributed by atoms with Crippen molar-refractivity contribution in [2.75, 3.05) is 0 Å². The number of para-hydroxylation sites is 1. The van der Waals surface area contributed by atoms with E-state index in [2.05, 4.69) is 4.98 Å². The smallest absolute Gasteiger partial charge is 0.374 e. The Kier molecular flexibility index (Phi) is 3.62. The van der Waals surface area contributed by atoms with E-state index in [0.717, 1.165) is 16.5 Å². The Labute approximate surface area is 126 Å². The van der Waals surface area contributed by atoms with Gasteiger partial charge in [-0.25, -0.2) is 4.79 Å². The summed E-state index contributed by atoms with van der Waals surface area (Å²) >= 11 is 6.01. The maximum atomic E-state index is 12.0. The van der Waals surface area contributed by atoms with Crippen molar-refractivity contribution in [3.05, 3.63) is 64.6 Å². The summed E-state index contributed by atoms with van der Waals surface area (Å²) in [6.45, 7) is 2.09. The van der Waals surface area contributed by atoms with Crippen LogP contribution < -0.4 is 0 Å². The molecule has 0 amide bonds. The zero-order valence-corrected chi connectivity index (χ0v) is 12.1. The Bertz CT molecular complexity index is 810. The summed E-state index contributed by atoms with van der Waals surface area (Å²) in [5.74, 6) is -0.384. The summed E-state index contributed by atoms with van der Waals surface area (Å²) < 4.78 is 10.7. The van der Waals surface area contributed by atoms with Crippen molar-refractivity contribution in [3.8, 4) is 0 Å². The normalized spacial score (nSPS) is 10.8. The lowest BCUT2D eigenvalue weighted by molar-refractivity contribution is 0.0438. The quantitative estimate of drug-likeness (QED) is 0.682. The molecule has 4 nitrogen and oxygen atoms in total. The summed E-state index contributed by atoms with van der Waals surface area (Å²) in [5, 5.41) is 1.24. The third-order valence-electron chi connectivity index (χ3n) is 3.20. The molecule has 0 radical (unpaired) electrons. The first-order chi connectivity index (χ1) is 10.1. The molecule has 2 aromatic heterocycles. The number of benzene rings is 1. The van der Waals surface area contributed by atoms with Crippen LogP contribution in [0, 0.1) is 6.92 Å². The topological polar surface area (TPSA) is 52.3 Å². The molecule has 0 saturated carbocycles. The van der Waals surface area contributed by atoms with Crippen LogP contribution in [0.15, 0.2) is 47.1 Å². The van der Waals surface area contributed by atoms with Gasteiger partial charge >= 0.3 is 5.97 Å². The van der Waals surface area contributed by atoms with Gasteiger partial charge < -0.3 is 9.15 Å². The van der Waals surface area contributed by atoms with Crippen LogP contribution in [0.25, 0.3) is 11.0 Å². The van der Waals surface area contributed by atoms with Gasteiger partial charge in [-0.1, -0.05) is 23.7 Å². The van der Waals surface area contributed by atoms with Crippen LogP contribution >= 0.6 is 11.6 Å². The maximum absolute atomic E-state index is 12.0. The summed E-state index contributed by atoms with van der Waals surface area (Å²) in [4.78, 5) is 16.0. The summed E-state index contributed by atoms with van der Waals surface area (Å²) in [7, 11) is 0. The average Bonchev–Trinajstić information content (AvgIpc) is 2.92. The third kappa shape index (κ3) is 2.76.